The van der Waals surface area contributed by atoms with Crippen LogP contribution in [0.1, 0.15) is 102 Å². The van der Waals surface area contributed by atoms with Crippen molar-refractivity contribution in [1.29, 1.82) is 0 Å². The summed E-state index contributed by atoms with van der Waals surface area (Å²) in [5.74, 6) is -1.24. The molecule has 0 aromatic heterocycles. The number of ether oxygens (including phenoxy) is 1. The van der Waals surface area contributed by atoms with Crippen LogP contribution in [0.4, 0.5) is 5.69 Å². The third-order valence-corrected chi connectivity index (χ3v) is 10.3. The Morgan fingerprint density at radius 3 is 2.04 bits per heavy atom. The van der Waals surface area contributed by atoms with Crippen LogP contribution < -0.4 is 4.90 Å². The molecule has 1 unspecified atom stereocenters. The molecule has 2 saturated carbocycles. The molecule has 0 radical (unpaired) electrons. The highest BCUT2D eigenvalue weighted by molar-refractivity contribution is 6.22. The molecular weight excluding hydrogens is 564 g/mol. The van der Waals surface area contributed by atoms with Crippen molar-refractivity contribution in [1.82, 2.24) is 4.90 Å². The molecule has 45 heavy (non-hydrogen) atoms. The molecule has 232 valence electrons. The Labute approximate surface area is 264 Å². The molecule has 0 bridgehead atoms. The predicted molar refractivity (Wildman–Crippen MR) is 172 cm³/mol. The highest BCUT2D eigenvalue weighted by atomic mass is 16.5. The van der Waals surface area contributed by atoms with Crippen molar-refractivity contribution in [2.45, 2.75) is 95.2 Å². The molecule has 1 aliphatic heterocycles. The third kappa shape index (κ3) is 5.86. The SMILES string of the molecule is O=C(COC(=O)c1ccc(N2C(=O)CC(N(C3CCCCC3)C3CCCCC3)C2=O)cc1)c1ccc2c(c1)Cc1ccccc1-2. The topological polar surface area (TPSA) is 84.0 Å². The van der Waals surface area contributed by atoms with Gasteiger partial charge in [-0.15, -0.1) is 0 Å². The van der Waals surface area contributed by atoms with Crippen LogP contribution in [-0.4, -0.2) is 53.2 Å². The van der Waals surface area contributed by atoms with Gasteiger partial charge in [-0.2, -0.15) is 0 Å². The minimum atomic E-state index is -0.624. The second-order valence-electron chi connectivity index (χ2n) is 13.1. The van der Waals surface area contributed by atoms with Crippen molar-refractivity contribution in [2.75, 3.05) is 11.5 Å². The summed E-state index contributed by atoms with van der Waals surface area (Å²) in [5.41, 5.74) is 5.91. The molecule has 3 aromatic rings. The molecule has 0 spiro atoms. The molecule has 7 rings (SSSR count). The predicted octanol–water partition coefficient (Wildman–Crippen LogP) is 6.90. The summed E-state index contributed by atoms with van der Waals surface area (Å²) in [6.45, 7) is -0.366. The summed E-state index contributed by atoms with van der Waals surface area (Å²) in [4.78, 5) is 56.6. The molecule has 1 atom stereocenters. The zero-order valence-corrected chi connectivity index (χ0v) is 25.7. The number of amides is 2. The number of nitrogens with zero attached hydrogens (tertiary/aromatic N) is 2. The number of hydrogen-bond donors (Lipinski definition) is 0. The molecule has 4 aliphatic rings. The molecule has 7 heteroatoms. The number of anilines is 1. The first kappa shape index (κ1) is 29.6. The molecule has 1 heterocycles. The van der Waals surface area contributed by atoms with Crippen molar-refractivity contribution in [3.8, 4) is 11.1 Å². The summed E-state index contributed by atoms with van der Waals surface area (Å²) >= 11 is 0. The number of rotatable bonds is 8. The van der Waals surface area contributed by atoms with E-state index in [1.54, 1.807) is 30.3 Å². The maximum atomic E-state index is 13.8. The Morgan fingerprint density at radius 2 is 1.36 bits per heavy atom. The molecule has 3 aliphatic carbocycles. The van der Waals surface area contributed by atoms with E-state index in [4.69, 9.17) is 4.74 Å². The average molecular weight is 605 g/mol. The van der Waals surface area contributed by atoms with Gasteiger partial charge in [0.25, 0.3) is 5.91 Å². The van der Waals surface area contributed by atoms with Gasteiger partial charge < -0.3 is 4.74 Å². The van der Waals surface area contributed by atoms with Gasteiger partial charge in [0.2, 0.25) is 5.91 Å². The summed E-state index contributed by atoms with van der Waals surface area (Å²) < 4.78 is 5.37. The van der Waals surface area contributed by atoms with Gasteiger partial charge in [0.05, 0.1) is 23.7 Å². The smallest absolute Gasteiger partial charge is 0.338 e. The highest BCUT2D eigenvalue weighted by Gasteiger charge is 2.47. The minimum Gasteiger partial charge on any atom is -0.454 e. The Bertz CT molecular complexity index is 1600. The number of benzene rings is 3. The van der Waals surface area contributed by atoms with Gasteiger partial charge in [-0.1, -0.05) is 74.9 Å². The van der Waals surface area contributed by atoms with Crippen LogP contribution >= 0.6 is 0 Å². The third-order valence-electron chi connectivity index (χ3n) is 10.3. The molecule has 1 saturated heterocycles. The lowest BCUT2D eigenvalue weighted by atomic mass is 9.87. The van der Waals surface area contributed by atoms with Crippen LogP contribution in [0.15, 0.2) is 66.7 Å². The first-order chi connectivity index (χ1) is 22.0. The van der Waals surface area contributed by atoms with Crippen LogP contribution in [0.25, 0.3) is 11.1 Å². The van der Waals surface area contributed by atoms with Gasteiger partial charge >= 0.3 is 5.97 Å². The van der Waals surface area contributed by atoms with Crippen LogP contribution in [0.2, 0.25) is 0 Å². The minimum absolute atomic E-state index is 0.158. The van der Waals surface area contributed by atoms with Crippen molar-refractivity contribution in [3.63, 3.8) is 0 Å². The van der Waals surface area contributed by atoms with Crippen LogP contribution in [0.3, 0.4) is 0 Å². The van der Waals surface area contributed by atoms with E-state index in [0.717, 1.165) is 43.2 Å². The molecule has 0 N–H and O–H groups in total. The first-order valence-corrected chi connectivity index (χ1v) is 16.6. The van der Waals surface area contributed by atoms with Gasteiger partial charge in [0, 0.05) is 17.6 Å². The molecule has 2 amide bonds. The quantitative estimate of drug-likeness (QED) is 0.124. The summed E-state index contributed by atoms with van der Waals surface area (Å²) in [6.07, 6.45) is 12.5. The van der Waals surface area contributed by atoms with Gasteiger partial charge in [-0.05, 0) is 84.7 Å². The van der Waals surface area contributed by atoms with Crippen molar-refractivity contribution < 1.29 is 23.9 Å². The second-order valence-corrected chi connectivity index (χ2v) is 13.1. The van der Waals surface area contributed by atoms with E-state index in [-0.39, 0.29) is 36.2 Å². The van der Waals surface area contributed by atoms with Crippen LogP contribution in [0, 0.1) is 0 Å². The second kappa shape index (κ2) is 12.7. The number of fused-ring (bicyclic) bond motifs is 3. The van der Waals surface area contributed by atoms with Gasteiger partial charge in [-0.3, -0.25) is 19.3 Å². The number of carbonyl (C=O) groups is 4. The van der Waals surface area contributed by atoms with Gasteiger partial charge in [0.1, 0.15) is 0 Å². The van der Waals surface area contributed by atoms with Crippen molar-refractivity contribution >= 4 is 29.3 Å². The fourth-order valence-corrected chi connectivity index (χ4v) is 8.05. The average Bonchev–Trinajstić information content (AvgIpc) is 3.60. The monoisotopic (exact) mass is 604 g/mol. The highest BCUT2D eigenvalue weighted by Crippen LogP contribution is 2.38. The summed E-state index contributed by atoms with van der Waals surface area (Å²) in [7, 11) is 0. The number of ketones is 1. The Balaban J connectivity index is 0.994. The largest absolute Gasteiger partial charge is 0.454 e. The lowest BCUT2D eigenvalue weighted by molar-refractivity contribution is -0.124. The van der Waals surface area contributed by atoms with Crippen molar-refractivity contribution in [3.05, 3.63) is 89.0 Å². The zero-order valence-electron chi connectivity index (χ0n) is 25.7. The maximum absolute atomic E-state index is 13.8. The van der Waals surface area contributed by atoms with Crippen molar-refractivity contribution in [2.24, 2.45) is 0 Å². The van der Waals surface area contributed by atoms with E-state index in [2.05, 4.69) is 17.0 Å². The Kier molecular flexibility index (Phi) is 8.37. The number of esters is 1. The fourth-order valence-electron chi connectivity index (χ4n) is 8.05. The van der Waals surface area contributed by atoms with Gasteiger partial charge in [0.15, 0.2) is 12.4 Å². The number of imide groups is 1. The van der Waals surface area contributed by atoms with Crippen LogP contribution in [0.5, 0.6) is 0 Å². The van der Waals surface area contributed by atoms with E-state index in [1.807, 2.05) is 24.3 Å². The van der Waals surface area contributed by atoms with Crippen LogP contribution in [-0.2, 0) is 20.7 Å². The number of hydrogen-bond acceptors (Lipinski definition) is 6. The lowest BCUT2D eigenvalue weighted by Gasteiger charge is -2.44. The fraction of sp³-hybridized carbons (Fsp3) is 0.421. The summed E-state index contributed by atoms with van der Waals surface area (Å²) in [6, 6.07) is 20.5. The standard InChI is InChI=1S/C38H40N2O5/c41-35(27-17-20-33-28(22-27)21-26-9-7-8-14-32(26)33)24-45-38(44)25-15-18-31(19-16-25)40-36(42)23-34(37(40)43)39(29-10-3-1-4-11-29)30-12-5-2-6-13-30/h7-9,14-20,22,29-30,34H,1-6,10-13,21,23-24H2. The number of carbonyl (C=O) groups excluding carboxylic acids is 4. The van der Waals surface area contributed by atoms with E-state index in [9.17, 15) is 19.2 Å². The molecule has 3 fully saturated rings. The number of Topliss-reactive ketones (excluding diaryl/α,β-unsaturated/α-hetero) is 1. The first-order valence-electron chi connectivity index (χ1n) is 16.6. The van der Waals surface area contributed by atoms with E-state index < -0.39 is 12.0 Å². The zero-order chi connectivity index (χ0) is 30.9. The maximum Gasteiger partial charge on any atom is 0.338 e. The van der Waals surface area contributed by atoms with E-state index in [0.29, 0.717) is 23.3 Å². The summed E-state index contributed by atoms with van der Waals surface area (Å²) in [5, 5.41) is 0. The lowest BCUT2D eigenvalue weighted by Crippen LogP contribution is -2.53. The van der Waals surface area contributed by atoms with E-state index in [1.165, 1.54) is 54.6 Å². The molecular formula is C38H40N2O5. The Hall–Kier alpha value is -4.10. The van der Waals surface area contributed by atoms with E-state index >= 15 is 0 Å². The molecule has 3 aromatic carbocycles. The Morgan fingerprint density at radius 1 is 0.733 bits per heavy atom. The van der Waals surface area contributed by atoms with Gasteiger partial charge in [-0.25, -0.2) is 9.69 Å². The normalized spacial score (nSPS) is 20.4. The molecule has 7 nitrogen and oxygen atoms in total.